The van der Waals surface area contributed by atoms with Crippen molar-refractivity contribution in [2.75, 3.05) is 13.2 Å². The van der Waals surface area contributed by atoms with E-state index >= 15 is 0 Å². The Morgan fingerprint density at radius 1 is 1.15 bits per heavy atom. The lowest BCUT2D eigenvalue weighted by atomic mass is 10.0. The molecule has 0 unspecified atom stereocenters. The minimum atomic E-state index is -0.988. The molecule has 1 aliphatic heterocycles. The number of allylic oxidation sites excluding steroid dienone is 1. The van der Waals surface area contributed by atoms with E-state index in [1.807, 2.05) is 13.0 Å². The first-order chi connectivity index (χ1) is 15.9. The maximum atomic E-state index is 12.4. The summed E-state index contributed by atoms with van der Waals surface area (Å²) in [4.78, 5) is 36.6. The van der Waals surface area contributed by atoms with Gasteiger partial charge in [-0.2, -0.15) is 0 Å². The fraction of sp³-hybridized carbons (Fsp3) is 0.240. The van der Waals surface area contributed by atoms with Crippen molar-refractivity contribution in [2.45, 2.75) is 26.9 Å². The second-order valence-corrected chi connectivity index (χ2v) is 7.26. The van der Waals surface area contributed by atoms with Gasteiger partial charge in [-0.15, -0.1) is 6.58 Å². The third kappa shape index (κ3) is 5.41. The second kappa shape index (κ2) is 10.5. The van der Waals surface area contributed by atoms with Crippen molar-refractivity contribution in [1.29, 1.82) is 0 Å². The molecule has 1 fully saturated rings. The fourth-order valence-corrected chi connectivity index (χ4v) is 3.43. The zero-order chi connectivity index (χ0) is 24.0. The summed E-state index contributed by atoms with van der Waals surface area (Å²) >= 11 is 0. The number of benzene rings is 2. The predicted molar refractivity (Wildman–Crippen MR) is 123 cm³/mol. The number of likely N-dealkylation sites (N-methyl/N-ethyl adjacent to an activating group) is 1. The van der Waals surface area contributed by atoms with E-state index in [2.05, 4.69) is 11.9 Å². The monoisotopic (exact) mass is 450 g/mol. The van der Waals surface area contributed by atoms with Crippen molar-refractivity contribution < 1.29 is 29.0 Å². The molecule has 2 aromatic carbocycles. The van der Waals surface area contributed by atoms with E-state index in [4.69, 9.17) is 14.6 Å². The Morgan fingerprint density at radius 2 is 1.88 bits per heavy atom. The van der Waals surface area contributed by atoms with Gasteiger partial charge in [0, 0.05) is 12.1 Å². The lowest BCUT2D eigenvalue weighted by Gasteiger charge is -2.17. The molecule has 1 heterocycles. The van der Waals surface area contributed by atoms with Crippen molar-refractivity contribution in [3.8, 4) is 11.5 Å². The number of nitrogens with one attached hydrogen (secondary N) is 1. The summed E-state index contributed by atoms with van der Waals surface area (Å²) in [6.07, 6.45) is 3.84. The van der Waals surface area contributed by atoms with Gasteiger partial charge >= 0.3 is 12.0 Å². The highest BCUT2D eigenvalue weighted by Gasteiger charge is 2.32. The van der Waals surface area contributed by atoms with Crippen LogP contribution in [0.2, 0.25) is 0 Å². The van der Waals surface area contributed by atoms with Crippen molar-refractivity contribution in [3.63, 3.8) is 0 Å². The Kier molecular flexibility index (Phi) is 7.50. The highest BCUT2D eigenvalue weighted by Crippen LogP contribution is 2.35. The third-order valence-corrected chi connectivity index (χ3v) is 4.99. The maximum Gasteiger partial charge on any atom is 0.335 e. The zero-order valence-electron chi connectivity index (χ0n) is 18.6. The van der Waals surface area contributed by atoms with E-state index in [0.717, 1.165) is 16.0 Å². The molecule has 0 bridgehead atoms. The molecule has 8 nitrogen and oxygen atoms in total. The molecule has 8 heteroatoms. The van der Waals surface area contributed by atoms with Crippen molar-refractivity contribution in [3.05, 3.63) is 77.0 Å². The highest BCUT2D eigenvalue weighted by molar-refractivity contribution is 6.13. The van der Waals surface area contributed by atoms with Gasteiger partial charge in [-0.1, -0.05) is 18.2 Å². The third-order valence-electron chi connectivity index (χ3n) is 4.99. The first-order valence-corrected chi connectivity index (χ1v) is 10.6. The number of carboxylic acids is 1. The quantitative estimate of drug-likeness (QED) is 0.322. The molecule has 0 saturated carbocycles. The van der Waals surface area contributed by atoms with Gasteiger partial charge in [0.1, 0.15) is 12.3 Å². The summed E-state index contributed by atoms with van der Waals surface area (Å²) in [7, 11) is 0. The van der Waals surface area contributed by atoms with Crippen LogP contribution < -0.4 is 14.8 Å². The van der Waals surface area contributed by atoms with Crippen LogP contribution in [-0.2, 0) is 17.8 Å². The normalized spacial score (nSPS) is 14.4. The Labute approximate surface area is 192 Å². The number of nitrogens with zero attached hydrogens (tertiary/aromatic N) is 1. The van der Waals surface area contributed by atoms with Crippen LogP contribution >= 0.6 is 0 Å². The molecule has 1 saturated heterocycles. The molecule has 0 atom stereocenters. The van der Waals surface area contributed by atoms with E-state index in [1.165, 1.54) is 12.1 Å². The van der Waals surface area contributed by atoms with Gasteiger partial charge in [0.15, 0.2) is 11.5 Å². The zero-order valence-corrected chi connectivity index (χ0v) is 18.6. The number of urea groups is 1. The van der Waals surface area contributed by atoms with E-state index in [-0.39, 0.29) is 30.3 Å². The number of carboxylic acid groups (broad SMARTS) is 1. The van der Waals surface area contributed by atoms with Crippen LogP contribution in [0.5, 0.6) is 11.5 Å². The number of carbonyl (C=O) groups excluding carboxylic acids is 2. The summed E-state index contributed by atoms with van der Waals surface area (Å²) in [5.74, 6) is -0.331. The maximum absolute atomic E-state index is 12.4. The summed E-state index contributed by atoms with van der Waals surface area (Å²) < 4.78 is 11.9. The average Bonchev–Trinajstić information content (AvgIpc) is 3.06. The van der Waals surface area contributed by atoms with Crippen LogP contribution in [-0.4, -0.2) is 41.1 Å². The first-order valence-electron chi connectivity index (χ1n) is 10.6. The summed E-state index contributed by atoms with van der Waals surface area (Å²) in [6, 6.07) is 9.61. The minimum absolute atomic E-state index is 0.195. The highest BCUT2D eigenvalue weighted by atomic mass is 16.5. The van der Waals surface area contributed by atoms with Gasteiger partial charge in [-0.05, 0) is 61.7 Å². The van der Waals surface area contributed by atoms with Crippen molar-refractivity contribution >= 4 is 24.0 Å². The fourth-order valence-electron chi connectivity index (χ4n) is 3.43. The molecule has 0 aliphatic carbocycles. The molecule has 0 radical (unpaired) electrons. The molecule has 3 amide bonds. The number of carbonyl (C=O) groups is 3. The van der Waals surface area contributed by atoms with Crippen LogP contribution in [0.1, 0.15) is 40.9 Å². The minimum Gasteiger partial charge on any atom is -0.490 e. The van der Waals surface area contributed by atoms with Gasteiger partial charge < -0.3 is 19.9 Å². The molecule has 172 valence electrons. The molecule has 33 heavy (non-hydrogen) atoms. The summed E-state index contributed by atoms with van der Waals surface area (Å²) in [5.41, 5.74) is 2.68. The van der Waals surface area contributed by atoms with Gasteiger partial charge in [-0.3, -0.25) is 9.69 Å². The topological polar surface area (TPSA) is 105 Å². The molecule has 0 aromatic heterocycles. The summed E-state index contributed by atoms with van der Waals surface area (Å²) in [6.45, 7) is 8.29. The molecular formula is C25H26N2O6. The van der Waals surface area contributed by atoms with E-state index in [1.54, 1.807) is 37.3 Å². The second-order valence-electron chi connectivity index (χ2n) is 7.26. The predicted octanol–water partition coefficient (Wildman–Crippen LogP) is 4.00. The van der Waals surface area contributed by atoms with Crippen molar-refractivity contribution in [1.82, 2.24) is 10.2 Å². The molecule has 2 aromatic rings. The number of rotatable bonds is 10. The van der Waals surface area contributed by atoms with E-state index < -0.39 is 12.0 Å². The van der Waals surface area contributed by atoms with E-state index in [9.17, 15) is 14.4 Å². The lowest BCUT2D eigenvalue weighted by molar-refractivity contribution is -0.122. The van der Waals surface area contributed by atoms with Crippen molar-refractivity contribution in [2.24, 2.45) is 0 Å². The average molecular weight is 450 g/mol. The number of hydrogen-bond donors (Lipinski definition) is 2. The number of imide groups is 1. The van der Waals surface area contributed by atoms with Crippen LogP contribution in [0.4, 0.5) is 4.79 Å². The first kappa shape index (κ1) is 23.6. The van der Waals surface area contributed by atoms with Crippen LogP contribution in [0.15, 0.2) is 54.8 Å². The number of amides is 3. The largest absolute Gasteiger partial charge is 0.490 e. The molecular weight excluding hydrogens is 424 g/mol. The Morgan fingerprint density at radius 3 is 2.45 bits per heavy atom. The SMILES string of the molecule is C=CCc1cc(C=C2NC(=O)N(CC)C2=O)cc(OCC)c1OCc1ccc(C(=O)O)cc1. The number of aromatic carboxylic acids is 1. The molecule has 1 aliphatic rings. The number of ether oxygens (including phenoxy) is 2. The van der Waals surface area contributed by atoms with Crippen LogP contribution in [0, 0.1) is 0 Å². The smallest absolute Gasteiger partial charge is 0.335 e. The Balaban J connectivity index is 1.92. The Hall–Kier alpha value is -4.07. The van der Waals surface area contributed by atoms with Gasteiger partial charge in [0.05, 0.1) is 12.2 Å². The van der Waals surface area contributed by atoms with Gasteiger partial charge in [0.25, 0.3) is 5.91 Å². The van der Waals surface area contributed by atoms with Gasteiger partial charge in [0.2, 0.25) is 0 Å². The molecule has 2 N–H and O–H groups in total. The van der Waals surface area contributed by atoms with E-state index in [0.29, 0.717) is 30.1 Å². The number of hydrogen-bond acceptors (Lipinski definition) is 5. The molecule has 3 rings (SSSR count). The van der Waals surface area contributed by atoms with Crippen LogP contribution in [0.3, 0.4) is 0 Å². The summed E-state index contributed by atoms with van der Waals surface area (Å²) in [5, 5.41) is 11.6. The van der Waals surface area contributed by atoms with Gasteiger partial charge in [-0.25, -0.2) is 9.59 Å². The standard InChI is InChI=1S/C25H26N2O6/c1-4-7-19-12-17(13-20-23(28)27(5-2)25(31)26-20)14-21(32-6-3)22(19)33-15-16-8-10-18(11-9-16)24(29)30/h4,8-14H,1,5-7,15H2,2-3H3,(H,26,31)(H,29,30). The molecule has 0 spiro atoms. The van der Waals surface area contributed by atoms with Crippen LogP contribution in [0.25, 0.3) is 6.08 Å². The Bertz CT molecular complexity index is 1100. The lowest BCUT2D eigenvalue weighted by Crippen LogP contribution is -2.30.